The van der Waals surface area contributed by atoms with E-state index in [4.69, 9.17) is 9.47 Å². The highest BCUT2D eigenvalue weighted by Gasteiger charge is 2.21. The Labute approximate surface area is 205 Å². The largest absolute Gasteiger partial charge is 0.488 e. The van der Waals surface area contributed by atoms with Crippen molar-refractivity contribution in [2.75, 3.05) is 13.1 Å². The van der Waals surface area contributed by atoms with Crippen LogP contribution in [0.3, 0.4) is 0 Å². The molecule has 7 heteroatoms. The molecule has 0 radical (unpaired) electrons. The van der Waals surface area contributed by atoms with Gasteiger partial charge in [0.25, 0.3) is 5.91 Å². The Morgan fingerprint density at radius 2 is 1.71 bits per heavy atom. The first-order valence-corrected chi connectivity index (χ1v) is 12.2. The zero-order valence-electron chi connectivity index (χ0n) is 20.0. The van der Waals surface area contributed by atoms with Gasteiger partial charge in [0.1, 0.15) is 18.0 Å². The number of benzene rings is 2. The molecule has 0 atom stereocenters. The van der Waals surface area contributed by atoms with E-state index in [9.17, 15) is 9.59 Å². The number of amides is 2. The third-order valence-electron chi connectivity index (χ3n) is 4.84. The Morgan fingerprint density at radius 3 is 2.41 bits per heavy atom. The summed E-state index contributed by atoms with van der Waals surface area (Å²) in [7, 11) is 0. The van der Waals surface area contributed by atoms with Gasteiger partial charge < -0.3 is 19.7 Å². The molecule has 0 unspecified atom stereocenters. The lowest BCUT2D eigenvalue weighted by Crippen LogP contribution is -2.36. The molecule has 0 saturated heterocycles. The lowest BCUT2D eigenvalue weighted by Gasteiger charge is -2.24. The van der Waals surface area contributed by atoms with Crippen LogP contribution in [-0.4, -0.2) is 35.6 Å². The minimum atomic E-state index is -0.547. The molecule has 34 heavy (non-hydrogen) atoms. The van der Waals surface area contributed by atoms with Crippen LogP contribution < -0.4 is 10.1 Å². The first kappa shape index (κ1) is 25.3. The van der Waals surface area contributed by atoms with E-state index in [0.29, 0.717) is 44.0 Å². The van der Waals surface area contributed by atoms with Crippen LogP contribution >= 0.6 is 11.3 Å². The summed E-state index contributed by atoms with van der Waals surface area (Å²) in [5, 5.41) is 4.76. The van der Waals surface area contributed by atoms with Crippen molar-refractivity contribution in [1.82, 2.24) is 10.2 Å². The average Bonchev–Trinajstić information content (AvgIpc) is 3.32. The number of thiophene rings is 1. The summed E-state index contributed by atoms with van der Waals surface area (Å²) >= 11 is 1.61. The lowest BCUT2D eigenvalue weighted by molar-refractivity contribution is 0.0525. The predicted molar refractivity (Wildman–Crippen MR) is 135 cm³/mol. The third kappa shape index (κ3) is 8.23. The smallest absolute Gasteiger partial charge is 0.407 e. The second-order valence-electron chi connectivity index (χ2n) is 8.86. The SMILES string of the molecule is CC(C)(C)OC(=O)NCCCN(Cc1cccs1)C(=O)c1ccccc1OCc1ccccc1. The van der Waals surface area contributed by atoms with Gasteiger partial charge in [-0.05, 0) is 56.3 Å². The molecular formula is C27H32N2O4S. The summed E-state index contributed by atoms with van der Waals surface area (Å²) in [5.41, 5.74) is 1.01. The normalized spacial score (nSPS) is 11.0. The van der Waals surface area contributed by atoms with Gasteiger partial charge in [-0.3, -0.25) is 4.79 Å². The van der Waals surface area contributed by atoms with Gasteiger partial charge >= 0.3 is 6.09 Å². The van der Waals surface area contributed by atoms with Crippen LogP contribution in [0.15, 0.2) is 72.1 Å². The van der Waals surface area contributed by atoms with E-state index < -0.39 is 11.7 Å². The molecule has 1 aromatic heterocycles. The highest BCUT2D eigenvalue weighted by Crippen LogP contribution is 2.23. The molecular weight excluding hydrogens is 448 g/mol. The highest BCUT2D eigenvalue weighted by atomic mass is 32.1. The van der Waals surface area contributed by atoms with Crippen LogP contribution in [0.5, 0.6) is 5.75 Å². The van der Waals surface area contributed by atoms with Gasteiger partial charge in [0.2, 0.25) is 0 Å². The van der Waals surface area contributed by atoms with Crippen molar-refractivity contribution >= 4 is 23.3 Å². The number of alkyl carbamates (subject to hydrolysis) is 1. The molecule has 3 aromatic rings. The number of carbonyl (C=O) groups is 2. The molecule has 2 amide bonds. The third-order valence-corrected chi connectivity index (χ3v) is 5.70. The quantitative estimate of drug-likeness (QED) is 0.368. The fraction of sp³-hybridized carbons (Fsp3) is 0.333. The molecule has 180 valence electrons. The second kappa shape index (κ2) is 12.2. The van der Waals surface area contributed by atoms with Crippen molar-refractivity contribution in [2.24, 2.45) is 0 Å². The molecule has 0 aliphatic carbocycles. The summed E-state index contributed by atoms with van der Waals surface area (Å²) in [6.45, 7) is 7.25. The fourth-order valence-corrected chi connectivity index (χ4v) is 4.01. The summed E-state index contributed by atoms with van der Waals surface area (Å²) in [6.07, 6.45) is 0.145. The van der Waals surface area contributed by atoms with Gasteiger partial charge in [0.15, 0.2) is 0 Å². The maximum absolute atomic E-state index is 13.6. The number of nitrogens with one attached hydrogen (secondary N) is 1. The van der Waals surface area contributed by atoms with Crippen molar-refractivity contribution in [3.63, 3.8) is 0 Å². The summed E-state index contributed by atoms with van der Waals surface area (Å²) in [6, 6.07) is 21.2. The molecule has 0 aliphatic rings. The van der Waals surface area contributed by atoms with Gasteiger partial charge in [-0.25, -0.2) is 4.79 Å². The number of nitrogens with zero attached hydrogens (tertiary/aromatic N) is 1. The van der Waals surface area contributed by atoms with Crippen LogP contribution in [0.25, 0.3) is 0 Å². The fourth-order valence-electron chi connectivity index (χ4n) is 3.29. The monoisotopic (exact) mass is 480 g/mol. The Bertz CT molecular complexity index is 1050. The van der Waals surface area contributed by atoms with Crippen LogP contribution in [0.4, 0.5) is 4.79 Å². The Morgan fingerprint density at radius 1 is 0.971 bits per heavy atom. The molecule has 0 bridgehead atoms. The van der Waals surface area contributed by atoms with Crippen molar-refractivity contribution in [1.29, 1.82) is 0 Å². The molecule has 1 heterocycles. The summed E-state index contributed by atoms with van der Waals surface area (Å²) < 4.78 is 11.3. The molecule has 0 spiro atoms. The first-order chi connectivity index (χ1) is 16.3. The molecule has 6 nitrogen and oxygen atoms in total. The zero-order valence-corrected chi connectivity index (χ0v) is 20.8. The molecule has 1 N–H and O–H groups in total. The Kier molecular flexibility index (Phi) is 9.10. The number of rotatable bonds is 10. The van der Waals surface area contributed by atoms with Crippen molar-refractivity contribution in [2.45, 2.75) is 45.9 Å². The number of hydrogen-bond acceptors (Lipinski definition) is 5. The minimum Gasteiger partial charge on any atom is -0.488 e. The van der Waals surface area contributed by atoms with Gasteiger partial charge in [0.05, 0.1) is 12.1 Å². The van der Waals surface area contributed by atoms with Gasteiger partial charge in [-0.2, -0.15) is 0 Å². The molecule has 0 fully saturated rings. The van der Waals surface area contributed by atoms with E-state index in [1.54, 1.807) is 22.3 Å². The summed E-state index contributed by atoms with van der Waals surface area (Å²) in [4.78, 5) is 28.4. The van der Waals surface area contributed by atoms with Crippen molar-refractivity contribution in [3.05, 3.63) is 88.1 Å². The maximum Gasteiger partial charge on any atom is 0.407 e. The van der Waals surface area contributed by atoms with E-state index in [1.807, 2.05) is 86.8 Å². The van der Waals surface area contributed by atoms with Gasteiger partial charge in [-0.1, -0.05) is 48.5 Å². The van der Waals surface area contributed by atoms with E-state index in [1.165, 1.54) is 0 Å². The molecule has 2 aromatic carbocycles. The van der Waals surface area contributed by atoms with E-state index in [0.717, 1.165) is 10.4 Å². The minimum absolute atomic E-state index is 0.102. The second-order valence-corrected chi connectivity index (χ2v) is 9.89. The highest BCUT2D eigenvalue weighted by molar-refractivity contribution is 7.09. The van der Waals surface area contributed by atoms with Crippen molar-refractivity contribution in [3.8, 4) is 5.75 Å². The average molecular weight is 481 g/mol. The van der Waals surface area contributed by atoms with Crippen LogP contribution in [-0.2, 0) is 17.9 Å². The number of carbonyl (C=O) groups excluding carboxylic acids is 2. The van der Waals surface area contributed by atoms with Crippen LogP contribution in [0.1, 0.15) is 48.0 Å². The van der Waals surface area contributed by atoms with Crippen molar-refractivity contribution < 1.29 is 19.1 Å². The van der Waals surface area contributed by atoms with Crippen LogP contribution in [0.2, 0.25) is 0 Å². The van der Waals surface area contributed by atoms with E-state index in [-0.39, 0.29) is 5.91 Å². The van der Waals surface area contributed by atoms with Crippen LogP contribution in [0, 0.1) is 0 Å². The summed E-state index contributed by atoms with van der Waals surface area (Å²) in [5.74, 6) is 0.453. The van der Waals surface area contributed by atoms with Gasteiger partial charge in [0, 0.05) is 18.0 Å². The maximum atomic E-state index is 13.6. The zero-order chi connectivity index (χ0) is 24.4. The standard InChI is InChI=1S/C27H32N2O4S/c1-27(2,3)33-26(31)28-16-10-17-29(19-22-13-9-18-34-22)25(30)23-14-7-8-15-24(23)32-20-21-11-5-4-6-12-21/h4-9,11-15,18H,10,16-17,19-20H2,1-3H3,(H,28,31). The van der Waals surface area contributed by atoms with E-state index >= 15 is 0 Å². The number of hydrogen-bond donors (Lipinski definition) is 1. The predicted octanol–water partition coefficient (Wildman–Crippen LogP) is 5.88. The van der Waals surface area contributed by atoms with Gasteiger partial charge in [-0.15, -0.1) is 11.3 Å². The molecule has 0 aliphatic heterocycles. The number of ether oxygens (including phenoxy) is 2. The molecule has 0 saturated carbocycles. The Hall–Kier alpha value is -3.32. The lowest BCUT2D eigenvalue weighted by atomic mass is 10.1. The number of para-hydroxylation sites is 1. The molecule has 3 rings (SSSR count). The van der Waals surface area contributed by atoms with E-state index in [2.05, 4.69) is 5.32 Å². The topological polar surface area (TPSA) is 67.9 Å². The Balaban J connectivity index is 1.66. The first-order valence-electron chi connectivity index (χ1n) is 11.4.